The highest BCUT2D eigenvalue weighted by Gasteiger charge is 2.41. The first-order valence-electron chi connectivity index (χ1n) is 17.4. The maximum Gasteiger partial charge on any atom is 0.416 e. The largest absolute Gasteiger partial charge is 0.496 e. The van der Waals surface area contributed by atoms with Gasteiger partial charge >= 0.3 is 24.7 Å². The number of aryl methyl sites for hydroxylation is 2. The minimum Gasteiger partial charge on any atom is -0.496 e. The van der Waals surface area contributed by atoms with Crippen LogP contribution in [0.1, 0.15) is 105 Å². The molecule has 2 aliphatic carbocycles. The van der Waals surface area contributed by atoms with E-state index in [1.807, 2.05) is 0 Å². The zero-order valence-electron chi connectivity index (χ0n) is 29.7. The molecule has 0 spiro atoms. The molecule has 4 aromatic carbocycles. The second-order valence-corrected chi connectivity index (χ2v) is 13.9. The molecule has 56 heavy (non-hydrogen) atoms. The van der Waals surface area contributed by atoms with Crippen LogP contribution in [0.4, 0.5) is 52.7 Å². The monoisotopic (exact) mass is 806 g/mol. The quantitative estimate of drug-likeness (QED) is 0.183. The number of methoxy groups -OCH3 is 2. The fourth-order valence-electron chi connectivity index (χ4n) is 7.82. The number of hydrogen-bond acceptors (Lipinski definition) is 4. The first kappa shape index (κ1) is 41.2. The summed E-state index contributed by atoms with van der Waals surface area (Å²) in [6.45, 7) is 0. The lowest BCUT2D eigenvalue weighted by molar-refractivity contribution is -0.144. The molecule has 0 bridgehead atoms. The van der Waals surface area contributed by atoms with Gasteiger partial charge < -0.3 is 19.7 Å². The molecule has 0 saturated carbocycles. The molecule has 0 amide bonds. The predicted molar refractivity (Wildman–Crippen MR) is 179 cm³/mol. The number of aliphatic hydroxyl groups is 2. The lowest BCUT2D eigenvalue weighted by Gasteiger charge is -2.31. The third-order valence-corrected chi connectivity index (χ3v) is 10.4. The van der Waals surface area contributed by atoms with E-state index in [0.29, 0.717) is 97.9 Å². The van der Waals surface area contributed by atoms with Gasteiger partial charge in [-0.3, -0.25) is 0 Å². The molecule has 0 heterocycles. The normalized spacial score (nSPS) is 16.2. The second kappa shape index (κ2) is 14.8. The Hall–Kier alpha value is -4.44. The number of ether oxygens (including phenoxy) is 2. The van der Waals surface area contributed by atoms with Crippen LogP contribution in [0.5, 0.6) is 11.5 Å². The van der Waals surface area contributed by atoms with Gasteiger partial charge in [0.1, 0.15) is 23.7 Å². The van der Waals surface area contributed by atoms with Crippen LogP contribution in [0, 0.1) is 0 Å². The zero-order chi connectivity index (χ0) is 41.1. The fraction of sp³-hybridized carbons (Fsp3) is 0.400. The molecule has 0 aromatic heterocycles. The summed E-state index contributed by atoms with van der Waals surface area (Å²) in [5, 5.41) is 23.5. The van der Waals surface area contributed by atoms with Crippen LogP contribution in [-0.4, -0.2) is 24.4 Å². The first-order valence-corrected chi connectivity index (χ1v) is 17.4. The minimum atomic E-state index is -5.21. The maximum atomic E-state index is 13.9. The summed E-state index contributed by atoms with van der Waals surface area (Å²) in [5.74, 6) is -0.305. The van der Waals surface area contributed by atoms with Crippen molar-refractivity contribution in [1.29, 1.82) is 0 Å². The highest BCUT2D eigenvalue weighted by atomic mass is 19.4. The molecule has 2 aliphatic rings. The van der Waals surface area contributed by atoms with E-state index >= 15 is 0 Å². The van der Waals surface area contributed by atoms with E-state index in [1.54, 1.807) is 0 Å². The Morgan fingerprint density at radius 2 is 0.732 bits per heavy atom. The molecule has 0 radical (unpaired) electrons. The number of halogens is 12. The molecule has 302 valence electrons. The van der Waals surface area contributed by atoms with Crippen molar-refractivity contribution in [2.75, 3.05) is 14.2 Å². The van der Waals surface area contributed by atoms with E-state index in [2.05, 4.69) is 0 Å². The SMILES string of the molecule is COc1c(C(O)c2cc(C(F)(F)F)cc(C(F)(F)F)c2)cc2c(c1-c1c3c(cc(C(O)c4cc(C(F)(F)F)cc(C(F)(F)F)c4)c1OC)CCCC3)CCCC2. The number of aliphatic hydroxyl groups excluding tert-OH is 2. The third-order valence-electron chi connectivity index (χ3n) is 10.4. The molecule has 0 aliphatic heterocycles. The Kier molecular flexibility index (Phi) is 10.9. The molecule has 16 heteroatoms. The Balaban J connectivity index is 1.65. The number of fused-ring (bicyclic) bond motifs is 2. The first-order chi connectivity index (χ1) is 26.0. The lowest BCUT2D eigenvalue weighted by Crippen LogP contribution is -2.17. The van der Waals surface area contributed by atoms with E-state index in [-0.39, 0.29) is 45.9 Å². The molecule has 0 fully saturated rings. The molecule has 6 rings (SSSR count). The van der Waals surface area contributed by atoms with E-state index in [4.69, 9.17) is 9.47 Å². The van der Waals surface area contributed by atoms with Gasteiger partial charge in [0.25, 0.3) is 0 Å². The third kappa shape index (κ3) is 7.91. The lowest BCUT2D eigenvalue weighted by atomic mass is 9.77. The maximum absolute atomic E-state index is 13.9. The molecule has 2 atom stereocenters. The molecule has 2 N–H and O–H groups in total. The summed E-state index contributed by atoms with van der Waals surface area (Å²) >= 11 is 0. The average molecular weight is 807 g/mol. The Morgan fingerprint density at radius 1 is 0.446 bits per heavy atom. The van der Waals surface area contributed by atoms with Crippen molar-refractivity contribution in [1.82, 2.24) is 0 Å². The van der Waals surface area contributed by atoms with Crippen LogP contribution >= 0.6 is 0 Å². The van der Waals surface area contributed by atoms with Crippen LogP contribution in [0.3, 0.4) is 0 Å². The van der Waals surface area contributed by atoms with Crippen LogP contribution < -0.4 is 9.47 Å². The standard InChI is InChI=1S/C40H34F12O4/c1-55-35-29(33(53)21-11-23(37(41,42)43)17-24(12-21)38(44,45)46)15-19-7-3-5-9-27(19)31(35)32-28-10-6-4-8-20(28)16-30(36(32)56-2)34(54)22-13-25(39(47,48)49)18-26(14-22)40(50,51)52/h11-18,33-34,53-54H,3-10H2,1-2H3. The van der Waals surface area contributed by atoms with Gasteiger partial charge in [0.15, 0.2) is 0 Å². The average Bonchev–Trinajstić information content (AvgIpc) is 3.14. The fourth-order valence-corrected chi connectivity index (χ4v) is 7.82. The van der Waals surface area contributed by atoms with Crippen LogP contribution in [-0.2, 0) is 50.4 Å². The van der Waals surface area contributed by atoms with Gasteiger partial charge in [0.2, 0.25) is 0 Å². The minimum absolute atomic E-state index is 0.0677. The van der Waals surface area contributed by atoms with Crippen molar-refractivity contribution >= 4 is 0 Å². The number of hydrogen-bond donors (Lipinski definition) is 2. The summed E-state index contributed by atoms with van der Waals surface area (Å²) < 4.78 is 178. The zero-order valence-corrected chi connectivity index (χ0v) is 29.7. The van der Waals surface area contributed by atoms with E-state index in [0.717, 1.165) is 0 Å². The number of rotatable bonds is 7. The number of alkyl halides is 12. The Labute approximate surface area is 312 Å². The summed E-state index contributed by atoms with van der Waals surface area (Å²) in [6, 6.07) is 4.39. The van der Waals surface area contributed by atoms with E-state index < -0.39 is 70.3 Å². The molecular weight excluding hydrogens is 772 g/mol. The Bertz CT molecular complexity index is 1920. The van der Waals surface area contributed by atoms with Gasteiger partial charge in [-0.1, -0.05) is 0 Å². The molecular formula is C40H34F12O4. The summed E-state index contributed by atoms with van der Waals surface area (Å²) in [7, 11) is 2.35. The molecule has 4 nitrogen and oxygen atoms in total. The van der Waals surface area contributed by atoms with E-state index in [1.165, 1.54) is 26.4 Å². The van der Waals surface area contributed by atoms with Crippen molar-refractivity contribution in [3.63, 3.8) is 0 Å². The van der Waals surface area contributed by atoms with Crippen LogP contribution in [0.15, 0.2) is 48.5 Å². The number of benzene rings is 4. The van der Waals surface area contributed by atoms with Crippen molar-refractivity contribution in [2.45, 2.75) is 88.3 Å². The van der Waals surface area contributed by atoms with Gasteiger partial charge in [0.05, 0.1) is 36.5 Å². The van der Waals surface area contributed by atoms with Crippen molar-refractivity contribution < 1.29 is 72.4 Å². The Morgan fingerprint density at radius 3 is 1.00 bits per heavy atom. The smallest absolute Gasteiger partial charge is 0.416 e. The van der Waals surface area contributed by atoms with Gasteiger partial charge in [-0.05, 0) is 133 Å². The van der Waals surface area contributed by atoms with Crippen LogP contribution in [0.2, 0.25) is 0 Å². The molecule has 0 saturated heterocycles. The molecule has 4 aromatic rings. The van der Waals surface area contributed by atoms with Crippen LogP contribution in [0.25, 0.3) is 11.1 Å². The van der Waals surface area contributed by atoms with Crippen molar-refractivity contribution in [3.8, 4) is 22.6 Å². The van der Waals surface area contributed by atoms with Gasteiger partial charge in [-0.15, -0.1) is 0 Å². The van der Waals surface area contributed by atoms with Gasteiger partial charge in [0, 0.05) is 22.3 Å². The van der Waals surface area contributed by atoms with Gasteiger partial charge in [-0.25, -0.2) is 0 Å². The highest BCUT2D eigenvalue weighted by molar-refractivity contribution is 5.86. The topological polar surface area (TPSA) is 58.9 Å². The van der Waals surface area contributed by atoms with Crippen molar-refractivity contribution in [3.05, 3.63) is 115 Å². The summed E-state index contributed by atoms with van der Waals surface area (Å²) in [6.07, 6.45) is -21.0. The predicted octanol–water partition coefficient (Wildman–Crippen LogP) is 11.4. The summed E-state index contributed by atoms with van der Waals surface area (Å²) in [5.41, 5.74) is -5.62. The highest BCUT2D eigenvalue weighted by Crippen LogP contribution is 2.53. The van der Waals surface area contributed by atoms with Gasteiger partial charge in [-0.2, -0.15) is 52.7 Å². The van der Waals surface area contributed by atoms with Crippen molar-refractivity contribution in [2.24, 2.45) is 0 Å². The molecule has 2 unspecified atom stereocenters. The summed E-state index contributed by atoms with van der Waals surface area (Å²) in [4.78, 5) is 0. The van der Waals surface area contributed by atoms with E-state index in [9.17, 15) is 62.9 Å². The second-order valence-electron chi connectivity index (χ2n) is 13.9.